The van der Waals surface area contributed by atoms with E-state index in [-0.39, 0.29) is 17.7 Å². The van der Waals surface area contributed by atoms with Gasteiger partial charge in [0.2, 0.25) is 5.91 Å². The molecule has 1 heterocycles. The Labute approximate surface area is 119 Å². The van der Waals surface area contributed by atoms with Crippen molar-refractivity contribution in [2.45, 2.75) is 37.1 Å². The van der Waals surface area contributed by atoms with Crippen molar-refractivity contribution >= 4 is 21.4 Å². The summed E-state index contributed by atoms with van der Waals surface area (Å²) < 4.78 is 23.8. The maximum atomic E-state index is 11.9. The summed E-state index contributed by atoms with van der Waals surface area (Å²) in [6.45, 7) is 2.57. The van der Waals surface area contributed by atoms with Gasteiger partial charge in [-0.3, -0.25) is 4.79 Å². The van der Waals surface area contributed by atoms with Crippen molar-refractivity contribution in [3.63, 3.8) is 0 Å². The molecule has 0 saturated carbocycles. The van der Waals surface area contributed by atoms with Gasteiger partial charge in [0, 0.05) is 12.2 Å². The Hall–Kier alpha value is -1.56. The summed E-state index contributed by atoms with van der Waals surface area (Å²) >= 11 is 0. The van der Waals surface area contributed by atoms with Gasteiger partial charge in [0.1, 0.15) is 6.04 Å². The summed E-state index contributed by atoms with van der Waals surface area (Å²) in [4.78, 5) is 12.0. The molecule has 1 unspecified atom stereocenters. The van der Waals surface area contributed by atoms with Crippen LogP contribution in [0.3, 0.4) is 0 Å². The van der Waals surface area contributed by atoms with E-state index in [9.17, 15) is 13.2 Å². The van der Waals surface area contributed by atoms with E-state index in [4.69, 9.17) is 0 Å². The van der Waals surface area contributed by atoms with Crippen molar-refractivity contribution < 1.29 is 13.2 Å². The summed E-state index contributed by atoms with van der Waals surface area (Å²) in [5.74, 6) is 0.157. The van der Waals surface area contributed by atoms with Gasteiger partial charge < -0.3 is 10.6 Å². The normalized spacial score (nSPS) is 19.4. The third-order valence-electron chi connectivity index (χ3n) is 3.31. The van der Waals surface area contributed by atoms with Crippen molar-refractivity contribution in [2.75, 3.05) is 17.6 Å². The van der Waals surface area contributed by atoms with Crippen LogP contribution < -0.4 is 10.6 Å². The third kappa shape index (κ3) is 3.50. The van der Waals surface area contributed by atoms with Crippen LogP contribution in [-0.2, 0) is 14.6 Å². The largest absolute Gasteiger partial charge is 0.374 e. The molecule has 0 radical (unpaired) electrons. The molecule has 1 aliphatic rings. The molecule has 0 spiro atoms. The number of amides is 1. The Morgan fingerprint density at radius 1 is 1.30 bits per heavy atom. The SMILES string of the molecule is CCCS(=O)(=O)c1ccc(NC2CCCNC2=O)cc1. The van der Waals surface area contributed by atoms with Gasteiger partial charge in [-0.25, -0.2) is 8.42 Å². The van der Waals surface area contributed by atoms with Crippen LogP contribution >= 0.6 is 0 Å². The second kappa shape index (κ2) is 6.26. The van der Waals surface area contributed by atoms with E-state index in [2.05, 4.69) is 10.6 Å². The zero-order chi connectivity index (χ0) is 14.6. The number of anilines is 1. The summed E-state index contributed by atoms with van der Waals surface area (Å²) in [5, 5.41) is 5.94. The molecule has 1 atom stereocenters. The zero-order valence-corrected chi connectivity index (χ0v) is 12.4. The van der Waals surface area contributed by atoms with Gasteiger partial charge in [-0.1, -0.05) is 6.92 Å². The molecule has 0 bridgehead atoms. The molecule has 0 aromatic heterocycles. The van der Waals surface area contributed by atoms with Crippen molar-refractivity contribution in [1.82, 2.24) is 5.32 Å². The van der Waals surface area contributed by atoms with Gasteiger partial charge in [-0.15, -0.1) is 0 Å². The van der Waals surface area contributed by atoms with Crippen LogP contribution in [0.4, 0.5) is 5.69 Å². The number of carbonyl (C=O) groups excluding carboxylic acids is 1. The number of carbonyl (C=O) groups is 1. The molecule has 1 aliphatic heterocycles. The molecule has 1 saturated heterocycles. The minimum Gasteiger partial charge on any atom is -0.374 e. The summed E-state index contributed by atoms with van der Waals surface area (Å²) in [7, 11) is -3.18. The summed E-state index contributed by atoms with van der Waals surface area (Å²) in [6.07, 6.45) is 2.35. The smallest absolute Gasteiger partial charge is 0.242 e. The predicted molar refractivity (Wildman–Crippen MR) is 78.4 cm³/mol. The van der Waals surface area contributed by atoms with Gasteiger partial charge in [-0.2, -0.15) is 0 Å². The number of benzene rings is 1. The minimum atomic E-state index is -3.18. The van der Waals surface area contributed by atoms with E-state index in [0.717, 1.165) is 25.1 Å². The lowest BCUT2D eigenvalue weighted by Crippen LogP contribution is -2.44. The Kier molecular flexibility index (Phi) is 4.65. The fourth-order valence-corrected chi connectivity index (χ4v) is 3.58. The maximum absolute atomic E-state index is 11.9. The molecule has 1 amide bonds. The standard InChI is InChI=1S/C14H20N2O3S/c1-2-10-20(18,19)12-7-5-11(6-8-12)16-13-4-3-9-15-14(13)17/h5-8,13,16H,2-4,9-10H2,1H3,(H,15,17). The summed E-state index contributed by atoms with van der Waals surface area (Å²) in [5.41, 5.74) is 0.766. The van der Waals surface area contributed by atoms with Crippen molar-refractivity contribution in [3.8, 4) is 0 Å². The Bertz CT molecular complexity index is 567. The van der Waals surface area contributed by atoms with E-state index in [1.165, 1.54) is 0 Å². The Balaban J connectivity index is 2.07. The quantitative estimate of drug-likeness (QED) is 0.864. The van der Waals surface area contributed by atoms with Gasteiger partial charge in [0.25, 0.3) is 0 Å². The molecule has 20 heavy (non-hydrogen) atoms. The van der Waals surface area contributed by atoms with E-state index in [1.54, 1.807) is 24.3 Å². The van der Waals surface area contributed by atoms with Crippen LogP contribution in [0.2, 0.25) is 0 Å². The molecule has 1 aromatic rings. The highest BCUT2D eigenvalue weighted by Crippen LogP contribution is 2.18. The molecule has 5 nitrogen and oxygen atoms in total. The van der Waals surface area contributed by atoms with Crippen LogP contribution in [0.25, 0.3) is 0 Å². The van der Waals surface area contributed by atoms with Crippen LogP contribution in [0.5, 0.6) is 0 Å². The highest BCUT2D eigenvalue weighted by atomic mass is 32.2. The minimum absolute atomic E-state index is 0.000990. The topological polar surface area (TPSA) is 75.3 Å². The first-order valence-electron chi connectivity index (χ1n) is 6.90. The molecule has 6 heteroatoms. The predicted octanol–water partition coefficient (Wildman–Crippen LogP) is 1.56. The highest BCUT2D eigenvalue weighted by Gasteiger charge is 2.21. The van der Waals surface area contributed by atoms with Crippen molar-refractivity contribution in [3.05, 3.63) is 24.3 Å². The molecule has 1 aromatic carbocycles. The van der Waals surface area contributed by atoms with Crippen molar-refractivity contribution in [2.24, 2.45) is 0 Å². The van der Waals surface area contributed by atoms with Gasteiger partial charge in [-0.05, 0) is 43.5 Å². The molecular weight excluding hydrogens is 276 g/mol. The lowest BCUT2D eigenvalue weighted by atomic mass is 10.1. The molecule has 2 rings (SSSR count). The van der Waals surface area contributed by atoms with Crippen LogP contribution in [0.1, 0.15) is 26.2 Å². The number of piperidine rings is 1. The number of hydrogen-bond donors (Lipinski definition) is 2. The van der Waals surface area contributed by atoms with Gasteiger partial charge in [0.05, 0.1) is 10.6 Å². The lowest BCUT2D eigenvalue weighted by molar-refractivity contribution is -0.123. The average molecular weight is 296 g/mol. The fraction of sp³-hybridized carbons (Fsp3) is 0.500. The molecule has 2 N–H and O–H groups in total. The highest BCUT2D eigenvalue weighted by molar-refractivity contribution is 7.91. The number of hydrogen-bond acceptors (Lipinski definition) is 4. The number of rotatable bonds is 5. The average Bonchev–Trinajstić information content (AvgIpc) is 2.42. The third-order valence-corrected chi connectivity index (χ3v) is 5.25. The lowest BCUT2D eigenvalue weighted by Gasteiger charge is -2.23. The van der Waals surface area contributed by atoms with E-state index < -0.39 is 9.84 Å². The first-order chi connectivity index (χ1) is 9.53. The van der Waals surface area contributed by atoms with E-state index >= 15 is 0 Å². The maximum Gasteiger partial charge on any atom is 0.242 e. The van der Waals surface area contributed by atoms with Crippen LogP contribution in [0, 0.1) is 0 Å². The molecule has 0 aliphatic carbocycles. The molecule has 110 valence electrons. The second-order valence-corrected chi connectivity index (χ2v) is 7.08. The Morgan fingerprint density at radius 3 is 2.60 bits per heavy atom. The first kappa shape index (κ1) is 14.8. The van der Waals surface area contributed by atoms with E-state index in [0.29, 0.717) is 11.3 Å². The second-order valence-electron chi connectivity index (χ2n) is 4.97. The number of sulfone groups is 1. The Morgan fingerprint density at radius 2 is 2.00 bits per heavy atom. The van der Waals surface area contributed by atoms with Gasteiger partial charge in [0.15, 0.2) is 9.84 Å². The molecular formula is C14H20N2O3S. The monoisotopic (exact) mass is 296 g/mol. The zero-order valence-electron chi connectivity index (χ0n) is 11.6. The molecule has 1 fully saturated rings. The van der Waals surface area contributed by atoms with E-state index in [1.807, 2.05) is 6.92 Å². The number of nitrogens with one attached hydrogen (secondary N) is 2. The first-order valence-corrected chi connectivity index (χ1v) is 8.55. The van der Waals surface area contributed by atoms with Crippen molar-refractivity contribution in [1.29, 1.82) is 0 Å². The van der Waals surface area contributed by atoms with Crippen LogP contribution in [-0.4, -0.2) is 32.7 Å². The fourth-order valence-electron chi connectivity index (χ4n) is 2.26. The van der Waals surface area contributed by atoms with Crippen LogP contribution in [0.15, 0.2) is 29.2 Å². The van der Waals surface area contributed by atoms with Gasteiger partial charge >= 0.3 is 0 Å². The summed E-state index contributed by atoms with van der Waals surface area (Å²) in [6, 6.07) is 6.37.